The van der Waals surface area contributed by atoms with E-state index in [0.717, 1.165) is 24.8 Å². The molecule has 1 heterocycles. The average Bonchev–Trinajstić information content (AvgIpc) is 2.86. The monoisotopic (exact) mass is 224 g/mol. The standard InChI is InChI=1S/C11H12O5/c1-14-10(12)8-6-4-3-5-7(6)16-9(8)11(13)15-2/h3-5H2,1-2H3. The molecular weight excluding hydrogens is 212 g/mol. The highest BCUT2D eigenvalue weighted by Gasteiger charge is 2.32. The number of rotatable bonds is 2. The Morgan fingerprint density at radius 3 is 2.44 bits per heavy atom. The van der Waals surface area contributed by atoms with Gasteiger partial charge >= 0.3 is 11.9 Å². The minimum Gasteiger partial charge on any atom is -0.465 e. The van der Waals surface area contributed by atoms with Crippen LogP contribution in [0.5, 0.6) is 0 Å². The molecule has 1 aromatic heterocycles. The zero-order valence-electron chi connectivity index (χ0n) is 9.16. The van der Waals surface area contributed by atoms with Crippen molar-refractivity contribution >= 4 is 11.9 Å². The lowest BCUT2D eigenvalue weighted by atomic mass is 10.1. The number of aryl methyl sites for hydroxylation is 1. The van der Waals surface area contributed by atoms with Crippen molar-refractivity contribution in [2.24, 2.45) is 0 Å². The molecule has 0 radical (unpaired) electrons. The van der Waals surface area contributed by atoms with Gasteiger partial charge in [0.25, 0.3) is 0 Å². The van der Waals surface area contributed by atoms with Crippen molar-refractivity contribution in [3.63, 3.8) is 0 Å². The summed E-state index contributed by atoms with van der Waals surface area (Å²) in [5.74, 6) is -0.540. The molecule has 0 amide bonds. The first-order valence-electron chi connectivity index (χ1n) is 5.00. The molecule has 0 spiro atoms. The second-order valence-corrected chi connectivity index (χ2v) is 3.54. The van der Waals surface area contributed by atoms with E-state index in [4.69, 9.17) is 4.42 Å². The van der Waals surface area contributed by atoms with Gasteiger partial charge in [-0.15, -0.1) is 0 Å². The van der Waals surface area contributed by atoms with E-state index in [1.165, 1.54) is 14.2 Å². The maximum absolute atomic E-state index is 11.6. The quantitative estimate of drug-likeness (QED) is 0.709. The van der Waals surface area contributed by atoms with Gasteiger partial charge in [-0.25, -0.2) is 9.59 Å². The Bertz CT molecular complexity index is 443. The van der Waals surface area contributed by atoms with Crippen LogP contribution < -0.4 is 0 Å². The first kappa shape index (κ1) is 10.7. The molecule has 2 rings (SSSR count). The summed E-state index contributed by atoms with van der Waals surface area (Å²) < 4.78 is 14.6. The number of furan rings is 1. The number of carbonyl (C=O) groups excluding carboxylic acids is 2. The van der Waals surface area contributed by atoms with Crippen LogP contribution >= 0.6 is 0 Å². The fourth-order valence-electron chi connectivity index (χ4n) is 1.96. The Morgan fingerprint density at radius 2 is 1.81 bits per heavy atom. The van der Waals surface area contributed by atoms with Crippen LogP contribution in [0.4, 0.5) is 0 Å². The average molecular weight is 224 g/mol. The number of carbonyl (C=O) groups is 2. The zero-order chi connectivity index (χ0) is 11.7. The first-order chi connectivity index (χ1) is 7.69. The van der Waals surface area contributed by atoms with Crippen molar-refractivity contribution < 1.29 is 23.5 Å². The maximum atomic E-state index is 11.6. The van der Waals surface area contributed by atoms with Crippen LogP contribution in [-0.2, 0) is 22.3 Å². The molecule has 0 bridgehead atoms. The van der Waals surface area contributed by atoms with Gasteiger partial charge in [0.1, 0.15) is 11.3 Å². The largest absolute Gasteiger partial charge is 0.465 e. The molecule has 0 fully saturated rings. The van der Waals surface area contributed by atoms with Crippen molar-refractivity contribution in [1.82, 2.24) is 0 Å². The van der Waals surface area contributed by atoms with E-state index in [0.29, 0.717) is 5.76 Å². The Labute approximate surface area is 92.3 Å². The van der Waals surface area contributed by atoms with E-state index in [-0.39, 0.29) is 11.3 Å². The van der Waals surface area contributed by atoms with Gasteiger partial charge < -0.3 is 13.9 Å². The molecule has 5 heteroatoms. The highest BCUT2D eigenvalue weighted by Crippen LogP contribution is 2.31. The second kappa shape index (κ2) is 4.00. The third-order valence-electron chi connectivity index (χ3n) is 2.68. The van der Waals surface area contributed by atoms with Crippen LogP contribution in [0.25, 0.3) is 0 Å². The van der Waals surface area contributed by atoms with Crippen LogP contribution in [0.15, 0.2) is 4.42 Å². The molecule has 0 saturated carbocycles. The molecule has 0 N–H and O–H groups in total. The topological polar surface area (TPSA) is 65.7 Å². The van der Waals surface area contributed by atoms with Crippen molar-refractivity contribution in [2.75, 3.05) is 14.2 Å². The first-order valence-corrected chi connectivity index (χ1v) is 5.00. The summed E-state index contributed by atoms with van der Waals surface area (Å²) >= 11 is 0. The second-order valence-electron chi connectivity index (χ2n) is 3.54. The Hall–Kier alpha value is -1.78. The number of hydrogen-bond donors (Lipinski definition) is 0. The molecule has 0 atom stereocenters. The van der Waals surface area contributed by atoms with Crippen LogP contribution in [0.3, 0.4) is 0 Å². The van der Waals surface area contributed by atoms with Crippen LogP contribution in [0.2, 0.25) is 0 Å². The third kappa shape index (κ3) is 1.48. The predicted molar refractivity (Wildman–Crippen MR) is 53.4 cm³/mol. The lowest BCUT2D eigenvalue weighted by Gasteiger charge is -2.01. The minimum atomic E-state index is -0.644. The number of ether oxygens (including phenoxy) is 2. The Kier molecular flexibility index (Phi) is 2.68. The lowest BCUT2D eigenvalue weighted by molar-refractivity contribution is 0.0526. The molecular formula is C11H12O5. The van der Waals surface area contributed by atoms with E-state index in [1.54, 1.807) is 0 Å². The number of fused-ring (bicyclic) bond motifs is 1. The molecule has 1 aliphatic carbocycles. The van der Waals surface area contributed by atoms with Gasteiger partial charge in [0, 0.05) is 12.0 Å². The van der Waals surface area contributed by atoms with E-state index in [9.17, 15) is 9.59 Å². The van der Waals surface area contributed by atoms with Crippen LogP contribution in [-0.4, -0.2) is 26.2 Å². The van der Waals surface area contributed by atoms with Gasteiger partial charge in [0.15, 0.2) is 0 Å². The van der Waals surface area contributed by atoms with Crippen LogP contribution in [0.1, 0.15) is 38.7 Å². The summed E-state index contributed by atoms with van der Waals surface area (Å²) in [6.45, 7) is 0. The van der Waals surface area contributed by atoms with Crippen molar-refractivity contribution in [3.8, 4) is 0 Å². The van der Waals surface area contributed by atoms with Crippen molar-refractivity contribution in [2.45, 2.75) is 19.3 Å². The van der Waals surface area contributed by atoms with Crippen molar-refractivity contribution in [3.05, 3.63) is 22.6 Å². The summed E-state index contributed by atoms with van der Waals surface area (Å²) in [7, 11) is 2.52. The minimum absolute atomic E-state index is 0.0425. The molecule has 86 valence electrons. The summed E-state index contributed by atoms with van der Waals surface area (Å²) in [6, 6.07) is 0. The summed E-state index contributed by atoms with van der Waals surface area (Å²) in [6.07, 6.45) is 2.41. The lowest BCUT2D eigenvalue weighted by Crippen LogP contribution is -2.11. The fourth-order valence-corrected chi connectivity index (χ4v) is 1.96. The predicted octanol–water partition coefficient (Wildman–Crippen LogP) is 1.34. The highest BCUT2D eigenvalue weighted by atomic mass is 16.5. The molecule has 1 aromatic rings. The fraction of sp³-hybridized carbons (Fsp3) is 0.455. The van der Waals surface area contributed by atoms with Gasteiger partial charge in [-0.05, 0) is 12.8 Å². The van der Waals surface area contributed by atoms with Crippen molar-refractivity contribution in [1.29, 1.82) is 0 Å². The van der Waals surface area contributed by atoms with Gasteiger partial charge in [0.05, 0.1) is 14.2 Å². The number of methoxy groups -OCH3 is 2. The Balaban J connectivity index is 2.53. The smallest absolute Gasteiger partial charge is 0.374 e. The van der Waals surface area contributed by atoms with Gasteiger partial charge in [-0.3, -0.25) is 0 Å². The third-order valence-corrected chi connectivity index (χ3v) is 2.68. The summed E-state index contributed by atoms with van der Waals surface area (Å²) in [4.78, 5) is 23.0. The summed E-state index contributed by atoms with van der Waals surface area (Å²) in [5.41, 5.74) is 1.01. The number of hydrogen-bond acceptors (Lipinski definition) is 5. The SMILES string of the molecule is COC(=O)c1oc2c(c1C(=O)OC)CCC2. The van der Waals surface area contributed by atoms with E-state index in [2.05, 4.69) is 9.47 Å². The molecule has 16 heavy (non-hydrogen) atoms. The molecule has 0 unspecified atom stereocenters. The molecule has 0 aromatic carbocycles. The van der Waals surface area contributed by atoms with Gasteiger partial charge in [-0.1, -0.05) is 0 Å². The van der Waals surface area contributed by atoms with Gasteiger partial charge in [0.2, 0.25) is 5.76 Å². The number of esters is 2. The summed E-state index contributed by atoms with van der Waals surface area (Å²) in [5, 5.41) is 0. The van der Waals surface area contributed by atoms with E-state index >= 15 is 0 Å². The van der Waals surface area contributed by atoms with E-state index < -0.39 is 11.9 Å². The normalized spacial score (nSPS) is 13.4. The maximum Gasteiger partial charge on any atom is 0.374 e. The molecule has 0 aliphatic heterocycles. The molecule has 5 nitrogen and oxygen atoms in total. The van der Waals surface area contributed by atoms with Crippen LogP contribution in [0, 0.1) is 0 Å². The van der Waals surface area contributed by atoms with Gasteiger partial charge in [-0.2, -0.15) is 0 Å². The molecule has 1 aliphatic rings. The Morgan fingerprint density at radius 1 is 1.12 bits per heavy atom. The highest BCUT2D eigenvalue weighted by molar-refractivity contribution is 6.02. The molecule has 0 saturated heterocycles. The zero-order valence-corrected chi connectivity index (χ0v) is 9.16. The van der Waals surface area contributed by atoms with E-state index in [1.807, 2.05) is 0 Å².